The highest BCUT2D eigenvalue weighted by Gasteiger charge is 2.13. The molecule has 2 aromatic rings. The smallest absolute Gasteiger partial charge is 0.159 e. The number of hydrogen-bond donors (Lipinski definition) is 0. The molecular weight excluding hydrogens is 336 g/mol. The Morgan fingerprint density at radius 1 is 1.05 bits per heavy atom. The molecule has 4 heteroatoms. The lowest BCUT2D eigenvalue weighted by molar-refractivity contribution is 0.101. The summed E-state index contributed by atoms with van der Waals surface area (Å²) >= 11 is 3.41. The quantitative estimate of drug-likeness (QED) is 0.767. The van der Waals surface area contributed by atoms with Crippen LogP contribution in [0.1, 0.15) is 28.4 Å². The van der Waals surface area contributed by atoms with Crippen molar-refractivity contribution in [2.45, 2.75) is 30.6 Å². The van der Waals surface area contributed by atoms with Gasteiger partial charge in [0.1, 0.15) is 0 Å². The molecule has 0 aliphatic carbocycles. The largest absolute Gasteiger partial charge is 0.295 e. The zero-order valence-electron chi connectivity index (χ0n) is 11.6. The summed E-state index contributed by atoms with van der Waals surface area (Å²) in [7, 11) is -1.26. The minimum Gasteiger partial charge on any atom is -0.295 e. The van der Waals surface area contributed by atoms with Gasteiger partial charge in [0.2, 0.25) is 0 Å². The first-order chi connectivity index (χ1) is 9.38. The second-order valence-corrected chi connectivity index (χ2v) is 7.10. The maximum Gasteiger partial charge on any atom is 0.159 e. The molecule has 2 rings (SSSR count). The minimum absolute atomic E-state index is 0.00516. The average Bonchev–Trinajstić information content (AvgIpc) is 2.36. The average molecular weight is 351 g/mol. The highest BCUT2D eigenvalue weighted by molar-refractivity contribution is 9.10. The first kappa shape index (κ1) is 15.1. The van der Waals surface area contributed by atoms with E-state index in [9.17, 15) is 9.00 Å². The fourth-order valence-electron chi connectivity index (χ4n) is 2.04. The van der Waals surface area contributed by atoms with E-state index in [4.69, 9.17) is 0 Å². The van der Waals surface area contributed by atoms with Gasteiger partial charge in [-0.05, 0) is 72.1 Å². The maximum absolute atomic E-state index is 12.6. The molecule has 0 heterocycles. The molecule has 0 aliphatic heterocycles. The van der Waals surface area contributed by atoms with Crippen molar-refractivity contribution < 1.29 is 9.00 Å². The molecule has 0 radical (unpaired) electrons. The van der Waals surface area contributed by atoms with Gasteiger partial charge >= 0.3 is 0 Å². The highest BCUT2D eigenvalue weighted by Crippen LogP contribution is 2.27. The fraction of sp³-hybridized carbons (Fsp3) is 0.188. The fourth-order valence-corrected chi connectivity index (χ4v) is 4.12. The Balaban J connectivity index is 2.45. The van der Waals surface area contributed by atoms with Gasteiger partial charge in [-0.2, -0.15) is 0 Å². The molecule has 0 bridgehead atoms. The Morgan fingerprint density at radius 3 is 2.15 bits per heavy atom. The van der Waals surface area contributed by atoms with E-state index in [-0.39, 0.29) is 5.78 Å². The van der Waals surface area contributed by atoms with E-state index in [0.29, 0.717) is 14.9 Å². The number of Topliss-reactive ketones (excluding diaryl/α,β-unsaturated/α-hetero) is 1. The summed E-state index contributed by atoms with van der Waals surface area (Å²) in [4.78, 5) is 12.8. The maximum atomic E-state index is 12.6. The standard InChI is InChI=1S/C16H15BrO2S/c1-10-6-11(2)8-14(7-10)20(19)16-5-4-13(12(3)18)9-15(16)17/h4-9H,1-3H3. The number of halogens is 1. The predicted octanol–water partition coefficient (Wildman–Crippen LogP) is 4.44. The van der Waals surface area contributed by atoms with E-state index in [1.807, 2.05) is 26.0 Å². The summed E-state index contributed by atoms with van der Waals surface area (Å²) in [6, 6.07) is 11.1. The third-order valence-electron chi connectivity index (χ3n) is 2.95. The van der Waals surface area contributed by atoms with Crippen molar-refractivity contribution in [3.63, 3.8) is 0 Å². The molecule has 0 saturated carbocycles. The molecule has 0 fully saturated rings. The van der Waals surface area contributed by atoms with E-state index in [2.05, 4.69) is 22.0 Å². The minimum atomic E-state index is -1.26. The summed E-state index contributed by atoms with van der Waals surface area (Å²) in [5, 5.41) is 0. The predicted molar refractivity (Wildman–Crippen MR) is 84.7 cm³/mol. The molecule has 2 nitrogen and oxygen atoms in total. The van der Waals surface area contributed by atoms with Crippen LogP contribution < -0.4 is 0 Å². The van der Waals surface area contributed by atoms with Crippen molar-refractivity contribution in [1.82, 2.24) is 0 Å². The SMILES string of the molecule is CC(=O)c1ccc(S(=O)c2cc(C)cc(C)c2)c(Br)c1. The highest BCUT2D eigenvalue weighted by atomic mass is 79.9. The van der Waals surface area contributed by atoms with Crippen molar-refractivity contribution in [2.75, 3.05) is 0 Å². The van der Waals surface area contributed by atoms with Crippen molar-refractivity contribution in [3.8, 4) is 0 Å². The van der Waals surface area contributed by atoms with E-state index < -0.39 is 10.8 Å². The third kappa shape index (κ3) is 3.25. The molecule has 0 amide bonds. The first-order valence-corrected chi connectivity index (χ1v) is 8.13. The summed E-state index contributed by atoms with van der Waals surface area (Å²) in [6.45, 7) is 5.49. The lowest BCUT2D eigenvalue weighted by Gasteiger charge is -2.08. The van der Waals surface area contributed by atoms with Gasteiger partial charge in [-0.3, -0.25) is 4.79 Å². The zero-order valence-corrected chi connectivity index (χ0v) is 14.0. The van der Waals surface area contributed by atoms with Crippen LogP contribution >= 0.6 is 15.9 Å². The van der Waals surface area contributed by atoms with Crippen LogP contribution in [-0.2, 0) is 10.8 Å². The van der Waals surface area contributed by atoms with E-state index in [1.165, 1.54) is 6.92 Å². The molecule has 104 valence electrons. The van der Waals surface area contributed by atoms with E-state index >= 15 is 0 Å². The van der Waals surface area contributed by atoms with E-state index in [0.717, 1.165) is 16.0 Å². The van der Waals surface area contributed by atoms with Crippen LogP contribution in [0.4, 0.5) is 0 Å². The number of ketones is 1. The van der Waals surface area contributed by atoms with Crippen LogP contribution in [0.15, 0.2) is 50.7 Å². The van der Waals surface area contributed by atoms with E-state index in [1.54, 1.807) is 18.2 Å². The number of rotatable bonds is 3. The molecule has 1 unspecified atom stereocenters. The Bertz CT molecular complexity index is 687. The first-order valence-electron chi connectivity index (χ1n) is 6.19. The molecule has 1 atom stereocenters. The number of carbonyl (C=O) groups is 1. The summed E-state index contributed by atoms with van der Waals surface area (Å²) in [5.41, 5.74) is 2.78. The molecule has 0 spiro atoms. The summed E-state index contributed by atoms with van der Waals surface area (Å²) in [5.74, 6) is -0.00516. The lowest BCUT2D eigenvalue weighted by atomic mass is 10.1. The van der Waals surface area contributed by atoms with Crippen LogP contribution in [0, 0.1) is 13.8 Å². The molecule has 0 saturated heterocycles. The molecule has 0 aliphatic rings. The lowest BCUT2D eigenvalue weighted by Crippen LogP contribution is -1.98. The van der Waals surface area contributed by atoms with Crippen LogP contribution in [0.3, 0.4) is 0 Å². The monoisotopic (exact) mass is 350 g/mol. The van der Waals surface area contributed by atoms with Crippen LogP contribution in [0.2, 0.25) is 0 Å². The Morgan fingerprint density at radius 2 is 1.65 bits per heavy atom. The Labute approximate surface area is 129 Å². The summed E-state index contributed by atoms with van der Waals surface area (Å²) in [6.07, 6.45) is 0. The normalized spacial score (nSPS) is 12.2. The van der Waals surface area contributed by atoms with Gasteiger partial charge in [-0.25, -0.2) is 4.21 Å². The molecular formula is C16H15BrO2S. The van der Waals surface area contributed by atoms with Gasteiger partial charge < -0.3 is 0 Å². The van der Waals surface area contributed by atoms with Gasteiger partial charge in [0.25, 0.3) is 0 Å². The summed E-state index contributed by atoms with van der Waals surface area (Å²) < 4.78 is 13.3. The molecule has 2 aromatic carbocycles. The van der Waals surface area contributed by atoms with Crippen molar-refractivity contribution in [2.24, 2.45) is 0 Å². The number of aryl methyl sites for hydroxylation is 2. The van der Waals surface area contributed by atoms with Crippen molar-refractivity contribution in [3.05, 3.63) is 57.6 Å². The second kappa shape index (κ2) is 6.02. The molecule has 0 N–H and O–H groups in total. The second-order valence-electron chi connectivity index (χ2n) is 4.79. The Hall–Kier alpha value is -1.26. The van der Waals surface area contributed by atoms with Gasteiger partial charge in [0.15, 0.2) is 5.78 Å². The van der Waals surface area contributed by atoms with Crippen LogP contribution in [0.25, 0.3) is 0 Å². The number of benzene rings is 2. The van der Waals surface area contributed by atoms with Gasteiger partial charge in [0.05, 0.1) is 15.7 Å². The third-order valence-corrected chi connectivity index (χ3v) is 5.29. The molecule has 20 heavy (non-hydrogen) atoms. The van der Waals surface area contributed by atoms with Crippen molar-refractivity contribution in [1.29, 1.82) is 0 Å². The van der Waals surface area contributed by atoms with Gasteiger partial charge in [-0.1, -0.05) is 12.1 Å². The van der Waals surface area contributed by atoms with Crippen molar-refractivity contribution >= 4 is 32.5 Å². The zero-order chi connectivity index (χ0) is 14.9. The molecule has 0 aromatic heterocycles. The number of hydrogen-bond acceptors (Lipinski definition) is 2. The topological polar surface area (TPSA) is 34.1 Å². The van der Waals surface area contributed by atoms with Gasteiger partial charge in [-0.15, -0.1) is 0 Å². The Kier molecular flexibility index (Phi) is 4.55. The number of carbonyl (C=O) groups excluding carboxylic acids is 1. The van der Waals surface area contributed by atoms with Gasteiger partial charge in [0, 0.05) is 14.9 Å². The van der Waals surface area contributed by atoms with Crippen LogP contribution in [0.5, 0.6) is 0 Å². The van der Waals surface area contributed by atoms with Crippen LogP contribution in [-0.4, -0.2) is 9.99 Å².